The molecule has 1 aliphatic rings. The van der Waals surface area contributed by atoms with Crippen molar-refractivity contribution in [3.63, 3.8) is 0 Å². The molecular weight excluding hydrogens is 288 g/mol. The van der Waals surface area contributed by atoms with Crippen LogP contribution in [0, 0.1) is 0 Å². The van der Waals surface area contributed by atoms with E-state index in [1.54, 1.807) is 25.3 Å². The molecule has 6 heteroatoms. The monoisotopic (exact) mass is 302 g/mol. The van der Waals surface area contributed by atoms with Gasteiger partial charge in [-0.25, -0.2) is 0 Å². The minimum atomic E-state index is -1.19. The fourth-order valence-corrected chi connectivity index (χ4v) is 3.19. The third kappa shape index (κ3) is 2.54. The summed E-state index contributed by atoms with van der Waals surface area (Å²) in [6, 6.07) is 11.0. The number of anilines is 1. The van der Waals surface area contributed by atoms with E-state index in [9.17, 15) is 9.59 Å². The molecule has 0 fully saturated rings. The molecule has 0 spiro atoms. The number of nitrogens with one attached hydrogen (secondary N) is 2. The Morgan fingerprint density at radius 1 is 1.33 bits per heavy atom. The summed E-state index contributed by atoms with van der Waals surface area (Å²) < 4.78 is 3.97. The number of benzene rings is 1. The Morgan fingerprint density at radius 3 is 2.90 bits per heavy atom. The first kappa shape index (κ1) is 13.8. The summed E-state index contributed by atoms with van der Waals surface area (Å²) in [7, 11) is 0. The lowest BCUT2D eigenvalue weighted by Crippen LogP contribution is -2.51. The maximum absolute atomic E-state index is 12.4. The predicted molar refractivity (Wildman–Crippen MR) is 79.9 cm³/mol. The lowest BCUT2D eigenvalue weighted by molar-refractivity contribution is -0.130. The molecule has 1 unspecified atom stereocenters. The summed E-state index contributed by atoms with van der Waals surface area (Å²) >= 11 is 1.26. The highest BCUT2D eigenvalue weighted by Gasteiger charge is 2.45. The van der Waals surface area contributed by atoms with Gasteiger partial charge in [-0.3, -0.25) is 9.59 Å². The summed E-state index contributed by atoms with van der Waals surface area (Å²) in [5, 5.41) is 5.52. The van der Waals surface area contributed by atoms with Gasteiger partial charge in [0.05, 0.1) is 18.5 Å². The molecule has 3 rings (SSSR count). The summed E-state index contributed by atoms with van der Waals surface area (Å²) in [5.74, 6) is -0.00684. The Hall–Kier alpha value is -2.21. The molecule has 21 heavy (non-hydrogen) atoms. The number of fused-ring (bicyclic) bond motifs is 1. The highest BCUT2D eigenvalue weighted by atomic mass is 32.2. The van der Waals surface area contributed by atoms with E-state index < -0.39 is 4.75 Å². The van der Waals surface area contributed by atoms with Crippen LogP contribution in [0.5, 0.6) is 0 Å². The van der Waals surface area contributed by atoms with Crippen LogP contribution in [0.3, 0.4) is 0 Å². The number of carbonyl (C=O) groups excluding carboxylic acids is 2. The molecule has 108 valence electrons. The van der Waals surface area contributed by atoms with E-state index in [4.69, 9.17) is 4.42 Å². The van der Waals surface area contributed by atoms with Gasteiger partial charge in [-0.1, -0.05) is 23.9 Å². The van der Waals surface area contributed by atoms with Crippen LogP contribution in [0.1, 0.15) is 12.7 Å². The zero-order chi connectivity index (χ0) is 14.9. The third-order valence-electron chi connectivity index (χ3n) is 3.32. The summed E-state index contributed by atoms with van der Waals surface area (Å²) in [4.78, 5) is 25.5. The van der Waals surface area contributed by atoms with Crippen molar-refractivity contribution in [3.05, 3.63) is 48.4 Å². The van der Waals surface area contributed by atoms with Crippen LogP contribution in [0.25, 0.3) is 0 Å². The van der Waals surface area contributed by atoms with Crippen molar-refractivity contribution in [2.75, 3.05) is 5.32 Å². The molecule has 1 aliphatic heterocycles. The van der Waals surface area contributed by atoms with Crippen LogP contribution < -0.4 is 10.6 Å². The molecule has 0 bridgehead atoms. The van der Waals surface area contributed by atoms with E-state index in [0.717, 1.165) is 10.6 Å². The van der Waals surface area contributed by atoms with Crippen molar-refractivity contribution in [1.82, 2.24) is 5.32 Å². The van der Waals surface area contributed by atoms with Gasteiger partial charge in [0.2, 0.25) is 11.8 Å². The first-order valence-corrected chi connectivity index (χ1v) is 7.31. The lowest BCUT2D eigenvalue weighted by Gasteiger charge is -2.31. The van der Waals surface area contributed by atoms with Gasteiger partial charge in [-0.15, -0.1) is 0 Å². The topological polar surface area (TPSA) is 71.3 Å². The second-order valence-corrected chi connectivity index (χ2v) is 6.31. The number of rotatable bonds is 3. The molecule has 2 heterocycles. The van der Waals surface area contributed by atoms with Crippen LogP contribution >= 0.6 is 11.8 Å². The molecule has 1 aromatic carbocycles. The van der Waals surface area contributed by atoms with E-state index in [-0.39, 0.29) is 18.4 Å². The smallest absolute Gasteiger partial charge is 0.250 e. The van der Waals surface area contributed by atoms with Gasteiger partial charge >= 0.3 is 0 Å². The van der Waals surface area contributed by atoms with E-state index >= 15 is 0 Å². The minimum Gasteiger partial charge on any atom is -0.467 e. The molecule has 5 nitrogen and oxygen atoms in total. The van der Waals surface area contributed by atoms with Gasteiger partial charge < -0.3 is 15.1 Å². The van der Waals surface area contributed by atoms with Gasteiger partial charge in [-0.2, -0.15) is 0 Å². The van der Waals surface area contributed by atoms with Gasteiger partial charge in [0.25, 0.3) is 0 Å². The summed E-state index contributed by atoms with van der Waals surface area (Å²) in [5.41, 5.74) is 0.740. The Balaban J connectivity index is 1.77. The van der Waals surface area contributed by atoms with Crippen molar-refractivity contribution < 1.29 is 14.0 Å². The van der Waals surface area contributed by atoms with E-state index in [2.05, 4.69) is 10.6 Å². The van der Waals surface area contributed by atoms with Gasteiger partial charge in [0, 0.05) is 4.90 Å². The second kappa shape index (κ2) is 5.29. The third-order valence-corrected chi connectivity index (χ3v) is 4.67. The lowest BCUT2D eigenvalue weighted by atomic mass is 10.1. The number of hydrogen-bond acceptors (Lipinski definition) is 4. The molecule has 0 aliphatic carbocycles. The minimum absolute atomic E-state index is 0.261. The van der Waals surface area contributed by atoms with Crippen LogP contribution in [-0.2, 0) is 16.1 Å². The molecule has 0 radical (unpaired) electrons. The number of amides is 2. The summed E-state index contributed by atoms with van der Waals surface area (Å²) in [6.45, 7) is 1.89. The molecule has 1 atom stereocenters. The van der Waals surface area contributed by atoms with Crippen molar-refractivity contribution in [2.45, 2.75) is 23.1 Å². The SMILES string of the molecule is CC1(C(=O)NCc2ccco2)Sc2ccccc2NC1=O. The molecule has 2 aromatic rings. The first-order valence-electron chi connectivity index (χ1n) is 6.50. The highest BCUT2D eigenvalue weighted by molar-refractivity contribution is 8.02. The van der Waals surface area contributed by atoms with E-state index in [1.165, 1.54) is 11.8 Å². The Kier molecular flexibility index (Phi) is 3.47. The predicted octanol–water partition coefficient (Wildman–Crippen LogP) is 2.40. The van der Waals surface area contributed by atoms with Gasteiger partial charge in [0.1, 0.15) is 5.76 Å². The van der Waals surface area contributed by atoms with E-state index in [0.29, 0.717) is 5.76 Å². The average Bonchev–Trinajstić information content (AvgIpc) is 2.99. The van der Waals surface area contributed by atoms with Crippen LogP contribution in [0.4, 0.5) is 5.69 Å². The maximum Gasteiger partial charge on any atom is 0.250 e. The normalized spacial score (nSPS) is 20.5. The molecule has 0 saturated carbocycles. The second-order valence-electron chi connectivity index (χ2n) is 4.85. The van der Waals surface area contributed by atoms with Crippen LogP contribution in [-0.4, -0.2) is 16.6 Å². The maximum atomic E-state index is 12.4. The Bertz CT molecular complexity index is 684. The number of carbonyl (C=O) groups is 2. The van der Waals surface area contributed by atoms with E-state index in [1.807, 2.05) is 24.3 Å². The number of para-hydroxylation sites is 1. The molecule has 0 saturated heterocycles. The fourth-order valence-electron chi connectivity index (χ4n) is 2.07. The highest BCUT2D eigenvalue weighted by Crippen LogP contribution is 2.42. The van der Waals surface area contributed by atoms with Gasteiger partial charge in [-0.05, 0) is 31.2 Å². The standard InChI is InChI=1S/C15H14N2O3S/c1-15(13(18)16-9-10-5-4-8-20-10)14(19)17-11-6-2-3-7-12(11)21-15/h2-8H,9H2,1H3,(H,16,18)(H,17,19). The Labute approximate surface area is 126 Å². The first-order chi connectivity index (χ1) is 10.1. The number of thioether (sulfide) groups is 1. The zero-order valence-corrected chi connectivity index (χ0v) is 12.2. The quantitative estimate of drug-likeness (QED) is 0.854. The van der Waals surface area contributed by atoms with Crippen LogP contribution in [0.15, 0.2) is 52.0 Å². The molecule has 2 amide bonds. The number of furan rings is 1. The van der Waals surface area contributed by atoms with Crippen molar-refractivity contribution in [3.8, 4) is 0 Å². The average molecular weight is 302 g/mol. The van der Waals surface area contributed by atoms with Crippen LogP contribution in [0.2, 0.25) is 0 Å². The summed E-state index contributed by atoms with van der Waals surface area (Å²) in [6.07, 6.45) is 1.54. The van der Waals surface area contributed by atoms with Crippen molar-refractivity contribution in [2.24, 2.45) is 0 Å². The Morgan fingerprint density at radius 2 is 2.14 bits per heavy atom. The zero-order valence-electron chi connectivity index (χ0n) is 11.4. The number of hydrogen-bond donors (Lipinski definition) is 2. The van der Waals surface area contributed by atoms with Crippen molar-refractivity contribution >= 4 is 29.3 Å². The molecule has 1 aromatic heterocycles. The molecule has 2 N–H and O–H groups in total. The largest absolute Gasteiger partial charge is 0.467 e. The van der Waals surface area contributed by atoms with Gasteiger partial charge in [0.15, 0.2) is 4.75 Å². The fraction of sp³-hybridized carbons (Fsp3) is 0.200. The molecular formula is C15H14N2O3S. The van der Waals surface area contributed by atoms with Crippen molar-refractivity contribution in [1.29, 1.82) is 0 Å².